The highest BCUT2D eigenvalue weighted by Crippen LogP contribution is 2.00. The van der Waals surface area contributed by atoms with Gasteiger partial charge in [0.1, 0.15) is 11.9 Å². The van der Waals surface area contributed by atoms with Gasteiger partial charge in [-0.1, -0.05) is 0 Å². The minimum absolute atomic E-state index is 0.417. The van der Waals surface area contributed by atoms with Crippen molar-refractivity contribution in [3.05, 3.63) is 18.2 Å². The second-order valence-electron chi connectivity index (χ2n) is 2.94. The molecule has 0 aliphatic heterocycles. The van der Waals surface area contributed by atoms with E-state index in [1.165, 1.54) is 0 Å². The molecule has 5 nitrogen and oxygen atoms in total. The number of aliphatic carboxylic acids is 1. The van der Waals surface area contributed by atoms with E-state index in [0.29, 0.717) is 12.8 Å². The van der Waals surface area contributed by atoms with Crippen molar-refractivity contribution in [3.8, 4) is 0 Å². The van der Waals surface area contributed by atoms with Crippen molar-refractivity contribution in [2.75, 3.05) is 0 Å². The Bertz CT molecular complexity index is 295. The van der Waals surface area contributed by atoms with Crippen LogP contribution in [0, 0.1) is 0 Å². The van der Waals surface area contributed by atoms with Gasteiger partial charge < -0.3 is 15.4 Å². The van der Waals surface area contributed by atoms with Gasteiger partial charge in [0, 0.05) is 25.9 Å². The lowest BCUT2D eigenvalue weighted by Gasteiger charge is -2.05. The fourth-order valence-electron chi connectivity index (χ4n) is 1.05. The SMILES string of the molecule is Cn1ccnc1CCC(N)C(=O)O. The first kappa shape index (κ1) is 9.73. The molecule has 1 aromatic heterocycles. The summed E-state index contributed by atoms with van der Waals surface area (Å²) in [4.78, 5) is 14.5. The van der Waals surface area contributed by atoms with Crippen molar-refractivity contribution >= 4 is 5.97 Å². The molecule has 1 unspecified atom stereocenters. The van der Waals surface area contributed by atoms with Gasteiger partial charge in [0.05, 0.1) is 0 Å². The zero-order valence-corrected chi connectivity index (χ0v) is 7.47. The molecule has 72 valence electrons. The van der Waals surface area contributed by atoms with Crippen molar-refractivity contribution in [3.63, 3.8) is 0 Å². The maximum atomic E-state index is 10.4. The van der Waals surface area contributed by atoms with E-state index in [1.54, 1.807) is 6.20 Å². The highest BCUT2D eigenvalue weighted by atomic mass is 16.4. The van der Waals surface area contributed by atoms with E-state index in [0.717, 1.165) is 5.82 Å². The molecule has 0 aliphatic carbocycles. The van der Waals surface area contributed by atoms with Crippen molar-refractivity contribution in [1.82, 2.24) is 9.55 Å². The molecule has 3 N–H and O–H groups in total. The summed E-state index contributed by atoms with van der Waals surface area (Å²) in [6.07, 6.45) is 4.51. The number of carboxylic acids is 1. The van der Waals surface area contributed by atoms with E-state index in [4.69, 9.17) is 10.8 Å². The van der Waals surface area contributed by atoms with Crippen LogP contribution < -0.4 is 5.73 Å². The van der Waals surface area contributed by atoms with Crippen LogP contribution >= 0.6 is 0 Å². The van der Waals surface area contributed by atoms with Crippen LogP contribution in [0.25, 0.3) is 0 Å². The first-order valence-electron chi connectivity index (χ1n) is 4.06. The number of aryl methyl sites for hydroxylation is 2. The summed E-state index contributed by atoms with van der Waals surface area (Å²) in [6.45, 7) is 0. The van der Waals surface area contributed by atoms with Crippen molar-refractivity contribution in [2.24, 2.45) is 12.8 Å². The van der Waals surface area contributed by atoms with E-state index < -0.39 is 12.0 Å². The number of hydrogen-bond acceptors (Lipinski definition) is 3. The Kier molecular flexibility index (Phi) is 3.02. The molecule has 0 radical (unpaired) electrons. The van der Waals surface area contributed by atoms with E-state index in [9.17, 15) is 4.79 Å². The molecule has 5 heteroatoms. The van der Waals surface area contributed by atoms with Gasteiger partial charge >= 0.3 is 5.97 Å². The predicted octanol–water partition coefficient (Wildman–Crippen LogP) is -0.235. The van der Waals surface area contributed by atoms with Gasteiger partial charge in [-0.2, -0.15) is 0 Å². The molecule has 1 rings (SSSR count). The van der Waals surface area contributed by atoms with Crippen LogP contribution in [0.1, 0.15) is 12.2 Å². The topological polar surface area (TPSA) is 81.1 Å². The third-order valence-corrected chi connectivity index (χ3v) is 1.92. The number of rotatable bonds is 4. The van der Waals surface area contributed by atoms with E-state index >= 15 is 0 Å². The van der Waals surface area contributed by atoms with Gasteiger partial charge in [-0.3, -0.25) is 4.79 Å². The van der Waals surface area contributed by atoms with Crippen LogP contribution in [-0.2, 0) is 18.3 Å². The highest BCUT2D eigenvalue weighted by molar-refractivity contribution is 5.72. The third-order valence-electron chi connectivity index (χ3n) is 1.92. The molecule has 0 amide bonds. The molecule has 1 atom stereocenters. The number of hydrogen-bond donors (Lipinski definition) is 2. The average molecular weight is 183 g/mol. The summed E-state index contributed by atoms with van der Waals surface area (Å²) < 4.78 is 1.86. The van der Waals surface area contributed by atoms with Gasteiger partial charge in [0.15, 0.2) is 0 Å². The lowest BCUT2D eigenvalue weighted by atomic mass is 10.1. The largest absolute Gasteiger partial charge is 0.480 e. The standard InChI is InChI=1S/C8H13N3O2/c1-11-5-4-10-7(11)3-2-6(9)8(12)13/h4-6H,2-3,9H2,1H3,(H,12,13). The summed E-state index contributed by atoms with van der Waals surface area (Å²) in [6, 6.07) is -0.795. The molecule has 13 heavy (non-hydrogen) atoms. The minimum atomic E-state index is -0.964. The Balaban J connectivity index is 2.44. The first-order chi connectivity index (χ1) is 6.11. The molecule has 0 aliphatic rings. The number of carbonyl (C=O) groups is 1. The van der Waals surface area contributed by atoms with Gasteiger partial charge in [-0.25, -0.2) is 4.98 Å². The molecular formula is C8H13N3O2. The minimum Gasteiger partial charge on any atom is -0.480 e. The van der Waals surface area contributed by atoms with Gasteiger partial charge in [-0.15, -0.1) is 0 Å². The van der Waals surface area contributed by atoms with Crippen molar-refractivity contribution < 1.29 is 9.90 Å². The number of nitrogens with zero attached hydrogens (tertiary/aromatic N) is 2. The van der Waals surface area contributed by atoms with E-state index in [1.807, 2.05) is 17.8 Å². The van der Waals surface area contributed by atoms with Crippen LogP contribution in [-0.4, -0.2) is 26.7 Å². The van der Waals surface area contributed by atoms with Gasteiger partial charge in [-0.05, 0) is 6.42 Å². The monoisotopic (exact) mass is 183 g/mol. The lowest BCUT2D eigenvalue weighted by molar-refractivity contribution is -0.138. The normalized spacial score (nSPS) is 12.8. The van der Waals surface area contributed by atoms with Crippen LogP contribution in [0.4, 0.5) is 0 Å². The number of nitrogens with two attached hydrogens (primary N) is 1. The number of carboxylic acid groups (broad SMARTS) is 1. The molecule has 1 aromatic rings. The smallest absolute Gasteiger partial charge is 0.320 e. The Hall–Kier alpha value is -1.36. The van der Waals surface area contributed by atoms with Gasteiger partial charge in [0.2, 0.25) is 0 Å². The third kappa shape index (κ3) is 2.55. The second kappa shape index (κ2) is 4.04. The van der Waals surface area contributed by atoms with Crippen molar-refractivity contribution in [1.29, 1.82) is 0 Å². The first-order valence-corrected chi connectivity index (χ1v) is 4.06. The summed E-state index contributed by atoms with van der Waals surface area (Å²) in [5.41, 5.74) is 5.35. The molecule has 0 saturated heterocycles. The number of imidazole rings is 1. The zero-order valence-electron chi connectivity index (χ0n) is 7.47. The lowest BCUT2D eigenvalue weighted by Crippen LogP contribution is -2.30. The zero-order chi connectivity index (χ0) is 9.84. The van der Waals surface area contributed by atoms with E-state index in [2.05, 4.69) is 4.98 Å². The molecule has 0 aromatic carbocycles. The highest BCUT2D eigenvalue weighted by Gasteiger charge is 2.11. The van der Waals surface area contributed by atoms with Gasteiger partial charge in [0.25, 0.3) is 0 Å². The van der Waals surface area contributed by atoms with Crippen LogP contribution in [0.2, 0.25) is 0 Å². The Morgan fingerprint density at radius 1 is 1.85 bits per heavy atom. The maximum Gasteiger partial charge on any atom is 0.320 e. The summed E-state index contributed by atoms with van der Waals surface area (Å²) >= 11 is 0. The molecule has 0 bridgehead atoms. The predicted molar refractivity (Wildman–Crippen MR) is 47.1 cm³/mol. The molecular weight excluding hydrogens is 170 g/mol. The van der Waals surface area contributed by atoms with E-state index in [-0.39, 0.29) is 0 Å². The fourth-order valence-corrected chi connectivity index (χ4v) is 1.05. The van der Waals surface area contributed by atoms with Crippen LogP contribution in [0.5, 0.6) is 0 Å². The summed E-state index contributed by atoms with van der Waals surface area (Å²) in [5, 5.41) is 8.53. The average Bonchev–Trinajstić information content (AvgIpc) is 2.47. The van der Waals surface area contributed by atoms with Crippen LogP contribution in [0.3, 0.4) is 0 Å². The Morgan fingerprint density at radius 3 is 3.00 bits per heavy atom. The molecule has 0 saturated carbocycles. The molecule has 1 heterocycles. The molecule has 0 fully saturated rings. The van der Waals surface area contributed by atoms with Crippen molar-refractivity contribution in [2.45, 2.75) is 18.9 Å². The second-order valence-corrected chi connectivity index (χ2v) is 2.94. The van der Waals surface area contributed by atoms with Crippen LogP contribution in [0.15, 0.2) is 12.4 Å². The molecule has 0 spiro atoms. The number of aromatic nitrogens is 2. The summed E-state index contributed by atoms with van der Waals surface area (Å²) in [5.74, 6) is -0.106. The summed E-state index contributed by atoms with van der Waals surface area (Å²) in [7, 11) is 1.87. The maximum absolute atomic E-state index is 10.4. The quantitative estimate of drug-likeness (QED) is 0.675. The Morgan fingerprint density at radius 2 is 2.54 bits per heavy atom. The fraction of sp³-hybridized carbons (Fsp3) is 0.500. The Labute approximate surface area is 76.2 Å².